The highest BCUT2D eigenvalue weighted by molar-refractivity contribution is 5.76. The average molecular weight is 191 g/mol. The number of carbonyl (C=O) groups is 1. The van der Waals surface area contributed by atoms with Crippen molar-refractivity contribution in [1.82, 2.24) is 5.32 Å². The lowest BCUT2D eigenvalue weighted by Crippen LogP contribution is -2.47. The molecular weight excluding hydrogens is 174 g/mol. The fraction of sp³-hybridized carbons (Fsp3) is 0.875. The van der Waals surface area contributed by atoms with Crippen molar-refractivity contribution < 1.29 is 20.1 Å². The second-order valence-electron chi connectivity index (χ2n) is 3.37. The van der Waals surface area contributed by atoms with Crippen molar-refractivity contribution >= 4 is 5.97 Å². The van der Waals surface area contributed by atoms with E-state index in [1.807, 2.05) is 6.92 Å². The Morgan fingerprint density at radius 3 is 2.54 bits per heavy atom. The predicted molar refractivity (Wildman–Crippen MR) is 47.4 cm³/mol. The fourth-order valence-electron chi connectivity index (χ4n) is 0.744. The third-order valence-corrected chi connectivity index (χ3v) is 1.82. The zero-order valence-corrected chi connectivity index (χ0v) is 7.95. The molecule has 5 heteroatoms. The van der Waals surface area contributed by atoms with E-state index in [-0.39, 0.29) is 19.2 Å². The lowest BCUT2D eigenvalue weighted by atomic mass is 10.1. The summed E-state index contributed by atoms with van der Waals surface area (Å²) in [4.78, 5) is 10.5. The third-order valence-electron chi connectivity index (χ3n) is 1.82. The highest BCUT2D eigenvalue weighted by Gasteiger charge is 2.29. The van der Waals surface area contributed by atoms with Crippen LogP contribution in [0.5, 0.6) is 0 Å². The zero-order valence-electron chi connectivity index (χ0n) is 7.95. The number of hydrogen-bond donors (Lipinski definition) is 4. The summed E-state index contributed by atoms with van der Waals surface area (Å²) in [6.07, 6.45) is 0.537. The number of carboxylic acid groups (broad SMARTS) is 1. The number of rotatable bonds is 6. The fourth-order valence-corrected chi connectivity index (χ4v) is 0.744. The number of nitrogens with one attached hydrogen (secondary N) is 1. The highest BCUT2D eigenvalue weighted by atomic mass is 16.4. The number of aliphatic hydroxyl groups excluding tert-OH is 1. The lowest BCUT2D eigenvalue weighted by molar-refractivity contribution is -0.156. The lowest BCUT2D eigenvalue weighted by Gasteiger charge is -2.21. The molecule has 78 valence electrons. The van der Waals surface area contributed by atoms with Crippen LogP contribution in [0.4, 0.5) is 0 Å². The Balaban J connectivity index is 3.80. The summed E-state index contributed by atoms with van der Waals surface area (Å²) in [5, 5.41) is 29.2. The number of aliphatic hydroxyl groups is 2. The molecule has 13 heavy (non-hydrogen) atoms. The van der Waals surface area contributed by atoms with E-state index in [1.54, 1.807) is 0 Å². The van der Waals surface area contributed by atoms with Gasteiger partial charge in [-0.1, -0.05) is 0 Å². The number of aliphatic carboxylic acids is 1. The summed E-state index contributed by atoms with van der Waals surface area (Å²) >= 11 is 0. The molecule has 0 bridgehead atoms. The SMILES string of the molecule is CC(CCO)NCC(C)(O)C(=O)O. The summed E-state index contributed by atoms with van der Waals surface area (Å²) in [6.45, 7) is 3.06. The van der Waals surface area contributed by atoms with E-state index in [4.69, 9.17) is 10.2 Å². The Kier molecular flexibility index (Phi) is 4.90. The minimum Gasteiger partial charge on any atom is -0.479 e. The Hall–Kier alpha value is -0.650. The Bertz CT molecular complexity index is 170. The first-order chi connectivity index (χ1) is 5.90. The van der Waals surface area contributed by atoms with E-state index in [1.165, 1.54) is 6.92 Å². The van der Waals surface area contributed by atoms with Crippen molar-refractivity contribution in [1.29, 1.82) is 0 Å². The Morgan fingerprint density at radius 1 is 1.62 bits per heavy atom. The van der Waals surface area contributed by atoms with Gasteiger partial charge < -0.3 is 20.6 Å². The van der Waals surface area contributed by atoms with Crippen LogP contribution in [0.3, 0.4) is 0 Å². The highest BCUT2D eigenvalue weighted by Crippen LogP contribution is 2.02. The smallest absolute Gasteiger partial charge is 0.336 e. The topological polar surface area (TPSA) is 89.8 Å². The largest absolute Gasteiger partial charge is 0.479 e. The Morgan fingerprint density at radius 2 is 2.15 bits per heavy atom. The van der Waals surface area contributed by atoms with Crippen LogP contribution in [0.15, 0.2) is 0 Å². The Labute approximate surface area is 77.4 Å². The first-order valence-corrected chi connectivity index (χ1v) is 4.20. The second kappa shape index (κ2) is 5.16. The van der Waals surface area contributed by atoms with Gasteiger partial charge >= 0.3 is 5.97 Å². The molecule has 0 aromatic carbocycles. The molecule has 0 saturated heterocycles. The monoisotopic (exact) mass is 191 g/mol. The van der Waals surface area contributed by atoms with Crippen molar-refractivity contribution in [2.24, 2.45) is 0 Å². The first-order valence-electron chi connectivity index (χ1n) is 4.20. The van der Waals surface area contributed by atoms with Crippen LogP contribution < -0.4 is 5.32 Å². The van der Waals surface area contributed by atoms with E-state index < -0.39 is 11.6 Å². The molecule has 0 rings (SSSR count). The van der Waals surface area contributed by atoms with Gasteiger partial charge in [0, 0.05) is 19.2 Å². The molecule has 0 radical (unpaired) electrons. The van der Waals surface area contributed by atoms with Crippen LogP contribution in [0.2, 0.25) is 0 Å². The maximum absolute atomic E-state index is 10.5. The molecule has 0 amide bonds. The van der Waals surface area contributed by atoms with E-state index in [9.17, 15) is 9.90 Å². The van der Waals surface area contributed by atoms with Gasteiger partial charge in [0.2, 0.25) is 0 Å². The summed E-state index contributed by atoms with van der Waals surface area (Å²) in [7, 11) is 0. The average Bonchev–Trinajstić information content (AvgIpc) is 2.01. The van der Waals surface area contributed by atoms with E-state index >= 15 is 0 Å². The molecule has 2 unspecified atom stereocenters. The van der Waals surface area contributed by atoms with Crippen molar-refractivity contribution in [3.8, 4) is 0 Å². The quantitative estimate of drug-likeness (QED) is 0.440. The van der Waals surface area contributed by atoms with Gasteiger partial charge in [0.25, 0.3) is 0 Å². The van der Waals surface area contributed by atoms with Gasteiger partial charge in [-0.2, -0.15) is 0 Å². The van der Waals surface area contributed by atoms with E-state index in [0.717, 1.165) is 0 Å². The van der Waals surface area contributed by atoms with Crippen molar-refractivity contribution in [2.45, 2.75) is 31.9 Å². The van der Waals surface area contributed by atoms with Gasteiger partial charge in [-0.25, -0.2) is 4.79 Å². The number of carboxylic acids is 1. The first kappa shape index (κ1) is 12.3. The molecular formula is C8H17NO4. The molecule has 0 aromatic rings. The van der Waals surface area contributed by atoms with Crippen LogP contribution >= 0.6 is 0 Å². The van der Waals surface area contributed by atoms with Crippen LogP contribution in [-0.4, -0.2) is 46.1 Å². The van der Waals surface area contributed by atoms with Gasteiger partial charge in [-0.05, 0) is 20.3 Å². The molecule has 0 spiro atoms. The normalized spacial score (nSPS) is 17.8. The summed E-state index contributed by atoms with van der Waals surface area (Å²) in [5.41, 5.74) is -1.75. The standard InChI is InChI=1S/C8H17NO4/c1-6(3-4-10)9-5-8(2,13)7(11)12/h6,9-10,13H,3-5H2,1-2H3,(H,11,12). The van der Waals surface area contributed by atoms with Crippen LogP contribution in [-0.2, 0) is 4.79 Å². The molecule has 0 aliphatic carbocycles. The zero-order chi connectivity index (χ0) is 10.5. The molecule has 0 fully saturated rings. The minimum absolute atomic E-state index is 0.00387. The van der Waals surface area contributed by atoms with Crippen LogP contribution in [0.1, 0.15) is 20.3 Å². The summed E-state index contributed by atoms with van der Waals surface area (Å²) in [6, 6.07) is -0.00387. The molecule has 2 atom stereocenters. The van der Waals surface area contributed by atoms with Crippen LogP contribution in [0.25, 0.3) is 0 Å². The molecule has 0 aliphatic rings. The molecule has 0 aliphatic heterocycles. The molecule has 5 nitrogen and oxygen atoms in total. The van der Waals surface area contributed by atoms with Gasteiger partial charge in [0.1, 0.15) is 0 Å². The van der Waals surface area contributed by atoms with Gasteiger partial charge in [-0.3, -0.25) is 0 Å². The van der Waals surface area contributed by atoms with Crippen molar-refractivity contribution in [3.05, 3.63) is 0 Å². The predicted octanol–water partition coefficient (Wildman–Crippen LogP) is -0.817. The van der Waals surface area contributed by atoms with Crippen molar-refractivity contribution in [2.75, 3.05) is 13.2 Å². The second-order valence-corrected chi connectivity index (χ2v) is 3.37. The molecule has 0 heterocycles. The van der Waals surface area contributed by atoms with Gasteiger partial charge in [0.05, 0.1) is 0 Å². The molecule has 0 aromatic heterocycles. The van der Waals surface area contributed by atoms with Crippen molar-refractivity contribution in [3.63, 3.8) is 0 Å². The van der Waals surface area contributed by atoms with Crippen LogP contribution in [0, 0.1) is 0 Å². The maximum atomic E-state index is 10.5. The maximum Gasteiger partial charge on any atom is 0.336 e. The summed E-state index contributed by atoms with van der Waals surface area (Å²) < 4.78 is 0. The number of hydrogen-bond acceptors (Lipinski definition) is 4. The third kappa shape index (κ3) is 4.82. The van der Waals surface area contributed by atoms with Gasteiger partial charge in [0.15, 0.2) is 5.60 Å². The molecule has 4 N–H and O–H groups in total. The van der Waals surface area contributed by atoms with E-state index in [0.29, 0.717) is 6.42 Å². The van der Waals surface area contributed by atoms with Gasteiger partial charge in [-0.15, -0.1) is 0 Å². The summed E-state index contributed by atoms with van der Waals surface area (Å²) in [5.74, 6) is -1.25. The van der Waals surface area contributed by atoms with E-state index in [2.05, 4.69) is 5.32 Å². The molecule has 0 saturated carbocycles. The minimum atomic E-state index is -1.75.